The number of nitrogens with zero attached hydrogens (tertiary/aromatic N) is 1. The fourth-order valence-electron chi connectivity index (χ4n) is 2.71. The highest BCUT2D eigenvalue weighted by molar-refractivity contribution is 7.89. The van der Waals surface area contributed by atoms with E-state index in [0.29, 0.717) is 31.0 Å². The molecule has 0 spiro atoms. The number of halogens is 1. The van der Waals surface area contributed by atoms with Crippen molar-refractivity contribution in [3.05, 3.63) is 28.8 Å². The van der Waals surface area contributed by atoms with Crippen molar-refractivity contribution in [2.75, 3.05) is 13.1 Å². The van der Waals surface area contributed by atoms with Crippen molar-refractivity contribution in [2.45, 2.75) is 51.0 Å². The molecule has 1 heterocycles. The lowest BCUT2D eigenvalue weighted by molar-refractivity contribution is -0.127. The summed E-state index contributed by atoms with van der Waals surface area (Å²) in [5.41, 5.74) is 0.562. The molecule has 1 fully saturated rings. The van der Waals surface area contributed by atoms with E-state index in [9.17, 15) is 13.2 Å². The normalized spacial score (nSPS) is 17.7. The first-order valence-electron chi connectivity index (χ1n) is 8.09. The number of amides is 1. The van der Waals surface area contributed by atoms with Crippen molar-refractivity contribution in [1.82, 2.24) is 9.62 Å². The van der Waals surface area contributed by atoms with Gasteiger partial charge in [0.25, 0.3) is 0 Å². The second-order valence-electron chi connectivity index (χ2n) is 7.33. The Labute approximate surface area is 149 Å². The van der Waals surface area contributed by atoms with Gasteiger partial charge >= 0.3 is 0 Å². The quantitative estimate of drug-likeness (QED) is 0.886. The fraction of sp³-hybridized carbons (Fsp3) is 0.588. The van der Waals surface area contributed by atoms with Crippen LogP contribution in [0.4, 0.5) is 0 Å². The van der Waals surface area contributed by atoms with E-state index in [4.69, 9.17) is 11.6 Å². The summed E-state index contributed by atoms with van der Waals surface area (Å²) in [6.07, 6.45) is 1.06. The smallest absolute Gasteiger partial charge is 0.243 e. The molecule has 0 aromatic heterocycles. The van der Waals surface area contributed by atoms with Crippen LogP contribution in [-0.2, 0) is 14.8 Å². The van der Waals surface area contributed by atoms with E-state index in [1.807, 2.05) is 27.7 Å². The summed E-state index contributed by atoms with van der Waals surface area (Å²) >= 11 is 6.05. The molecule has 1 aromatic rings. The zero-order valence-corrected chi connectivity index (χ0v) is 16.2. The van der Waals surface area contributed by atoms with E-state index in [1.54, 1.807) is 12.1 Å². The summed E-state index contributed by atoms with van der Waals surface area (Å²) in [6.45, 7) is 8.33. The minimum atomic E-state index is -3.57. The summed E-state index contributed by atoms with van der Waals surface area (Å²) in [7, 11) is -3.57. The number of carbonyl (C=O) groups is 1. The van der Waals surface area contributed by atoms with Crippen LogP contribution in [0.25, 0.3) is 0 Å². The topological polar surface area (TPSA) is 66.5 Å². The van der Waals surface area contributed by atoms with E-state index in [-0.39, 0.29) is 22.3 Å². The van der Waals surface area contributed by atoms with Crippen LogP contribution in [-0.4, -0.2) is 37.3 Å². The lowest BCUT2D eigenvalue weighted by Crippen LogP contribution is -2.47. The van der Waals surface area contributed by atoms with Crippen LogP contribution in [0.15, 0.2) is 23.1 Å². The van der Waals surface area contributed by atoms with Crippen LogP contribution < -0.4 is 5.32 Å². The van der Waals surface area contributed by atoms with Gasteiger partial charge in [-0.25, -0.2) is 8.42 Å². The average Bonchev–Trinajstić information content (AvgIpc) is 2.48. The maximum Gasteiger partial charge on any atom is 0.243 e. The summed E-state index contributed by atoms with van der Waals surface area (Å²) in [5, 5.41) is 3.40. The zero-order valence-electron chi connectivity index (χ0n) is 14.6. The largest absolute Gasteiger partial charge is 0.351 e. The number of sulfonamides is 1. The highest BCUT2D eigenvalue weighted by atomic mass is 35.5. The Balaban J connectivity index is 2.05. The van der Waals surface area contributed by atoms with E-state index in [2.05, 4.69) is 5.32 Å². The number of hydrogen-bond acceptors (Lipinski definition) is 3. The minimum Gasteiger partial charge on any atom is -0.351 e. The first-order valence-corrected chi connectivity index (χ1v) is 9.91. The number of hydrogen-bond donors (Lipinski definition) is 1. The van der Waals surface area contributed by atoms with Gasteiger partial charge < -0.3 is 5.32 Å². The zero-order chi connectivity index (χ0) is 18.1. The predicted molar refractivity (Wildman–Crippen MR) is 95.6 cm³/mol. The van der Waals surface area contributed by atoms with Gasteiger partial charge in [0.15, 0.2) is 0 Å². The molecule has 24 heavy (non-hydrogen) atoms. The summed E-state index contributed by atoms with van der Waals surface area (Å²) in [6, 6.07) is 4.78. The molecule has 0 saturated carbocycles. The SMILES string of the molecule is Cc1ccc(S(=O)(=O)N2CCC(C(=O)NC(C)(C)C)CC2)cc1Cl. The highest BCUT2D eigenvalue weighted by Crippen LogP contribution is 2.27. The number of aryl methyl sites for hydroxylation is 1. The molecule has 1 aromatic carbocycles. The van der Waals surface area contributed by atoms with Gasteiger partial charge in [-0.05, 0) is 58.2 Å². The summed E-state index contributed by atoms with van der Waals surface area (Å²) in [5.74, 6) is -0.143. The molecule has 1 amide bonds. The number of rotatable bonds is 3. The van der Waals surface area contributed by atoms with E-state index < -0.39 is 10.0 Å². The Morgan fingerprint density at radius 2 is 1.83 bits per heavy atom. The van der Waals surface area contributed by atoms with Crippen LogP contribution in [0, 0.1) is 12.8 Å². The maximum atomic E-state index is 12.7. The van der Waals surface area contributed by atoms with Crippen molar-refractivity contribution in [1.29, 1.82) is 0 Å². The van der Waals surface area contributed by atoms with Gasteiger partial charge in [-0.15, -0.1) is 0 Å². The monoisotopic (exact) mass is 372 g/mol. The van der Waals surface area contributed by atoms with E-state index >= 15 is 0 Å². The van der Waals surface area contributed by atoms with Gasteiger partial charge in [0, 0.05) is 29.6 Å². The van der Waals surface area contributed by atoms with Gasteiger partial charge in [0.1, 0.15) is 0 Å². The number of piperidine rings is 1. The van der Waals surface area contributed by atoms with Gasteiger partial charge in [-0.2, -0.15) is 4.31 Å². The molecule has 1 aliphatic heterocycles. The molecule has 1 saturated heterocycles. The van der Waals surface area contributed by atoms with E-state index in [0.717, 1.165) is 5.56 Å². The second-order valence-corrected chi connectivity index (χ2v) is 9.67. The van der Waals surface area contributed by atoms with Crippen LogP contribution in [0.1, 0.15) is 39.2 Å². The predicted octanol–water partition coefficient (Wildman–Crippen LogP) is 2.96. The Morgan fingerprint density at radius 3 is 2.33 bits per heavy atom. The van der Waals surface area contributed by atoms with Crippen molar-refractivity contribution >= 4 is 27.5 Å². The Hall–Kier alpha value is -1.11. The summed E-state index contributed by atoms with van der Waals surface area (Å²) < 4.78 is 26.9. The number of benzene rings is 1. The molecule has 0 unspecified atom stereocenters. The Morgan fingerprint density at radius 1 is 1.25 bits per heavy atom. The van der Waals surface area contributed by atoms with Crippen molar-refractivity contribution in [2.24, 2.45) is 5.92 Å². The van der Waals surface area contributed by atoms with Crippen LogP contribution >= 0.6 is 11.6 Å². The van der Waals surface area contributed by atoms with Crippen molar-refractivity contribution < 1.29 is 13.2 Å². The van der Waals surface area contributed by atoms with Crippen molar-refractivity contribution in [3.8, 4) is 0 Å². The maximum absolute atomic E-state index is 12.7. The van der Waals surface area contributed by atoms with Crippen molar-refractivity contribution in [3.63, 3.8) is 0 Å². The average molecular weight is 373 g/mol. The molecule has 0 radical (unpaired) electrons. The molecule has 1 N–H and O–H groups in total. The molecular weight excluding hydrogens is 348 g/mol. The number of nitrogens with one attached hydrogen (secondary N) is 1. The Bertz CT molecular complexity index is 718. The molecule has 0 aliphatic carbocycles. The number of carbonyl (C=O) groups excluding carboxylic acids is 1. The third-order valence-corrected chi connectivity index (χ3v) is 6.41. The molecule has 7 heteroatoms. The van der Waals surface area contributed by atoms with Gasteiger partial charge in [-0.1, -0.05) is 17.7 Å². The van der Waals surface area contributed by atoms with Gasteiger partial charge in [0.05, 0.1) is 4.90 Å². The van der Waals surface area contributed by atoms with Crippen LogP contribution in [0.5, 0.6) is 0 Å². The first-order chi connectivity index (χ1) is 11.0. The second kappa shape index (κ2) is 7.02. The van der Waals surface area contributed by atoms with E-state index in [1.165, 1.54) is 10.4 Å². The summed E-state index contributed by atoms with van der Waals surface area (Å²) in [4.78, 5) is 12.4. The molecule has 0 bridgehead atoms. The lowest BCUT2D eigenvalue weighted by Gasteiger charge is -2.32. The first kappa shape index (κ1) is 19.2. The molecule has 5 nitrogen and oxygen atoms in total. The standard InChI is InChI=1S/C17H25ClN2O3S/c1-12-5-6-14(11-15(12)18)24(22,23)20-9-7-13(8-10-20)16(21)19-17(2,3)4/h5-6,11,13H,7-10H2,1-4H3,(H,19,21). The molecule has 1 aliphatic rings. The molecular formula is C17H25ClN2O3S. The third kappa shape index (κ3) is 4.49. The molecule has 134 valence electrons. The minimum absolute atomic E-state index is 0.00192. The molecule has 0 atom stereocenters. The molecule has 2 rings (SSSR count). The third-order valence-electron chi connectivity index (χ3n) is 4.10. The van der Waals surface area contributed by atoms with Crippen LogP contribution in [0.2, 0.25) is 5.02 Å². The lowest BCUT2D eigenvalue weighted by atomic mass is 9.96. The van der Waals surface area contributed by atoms with Gasteiger partial charge in [-0.3, -0.25) is 4.79 Å². The Kier molecular flexibility index (Phi) is 5.62. The van der Waals surface area contributed by atoms with Gasteiger partial charge in [0.2, 0.25) is 15.9 Å². The fourth-order valence-corrected chi connectivity index (χ4v) is 4.45. The highest BCUT2D eigenvalue weighted by Gasteiger charge is 2.33. The van der Waals surface area contributed by atoms with Crippen LogP contribution in [0.3, 0.4) is 0 Å².